The van der Waals surface area contributed by atoms with Gasteiger partial charge in [0, 0.05) is 5.02 Å². The third-order valence-corrected chi connectivity index (χ3v) is 6.90. The van der Waals surface area contributed by atoms with E-state index in [2.05, 4.69) is 10.2 Å². The summed E-state index contributed by atoms with van der Waals surface area (Å²) in [5, 5.41) is 6.46. The molecular weight excluding hydrogens is 491 g/mol. The summed E-state index contributed by atoms with van der Waals surface area (Å²) in [6, 6.07) is 11.9. The van der Waals surface area contributed by atoms with Crippen molar-refractivity contribution in [3.63, 3.8) is 0 Å². The zero-order valence-corrected chi connectivity index (χ0v) is 20.0. The summed E-state index contributed by atoms with van der Waals surface area (Å²) >= 11 is 7.57. The highest BCUT2D eigenvalue weighted by molar-refractivity contribution is 8.00. The molecule has 0 amide bonds. The van der Waals surface area contributed by atoms with E-state index in [1.807, 2.05) is 12.1 Å². The van der Waals surface area contributed by atoms with Gasteiger partial charge in [-0.3, -0.25) is 9.36 Å². The molecule has 34 heavy (non-hydrogen) atoms. The maximum Gasteiger partial charge on any atom is 0.452 e. The molecule has 0 radical (unpaired) electrons. The van der Waals surface area contributed by atoms with Crippen molar-refractivity contribution in [3.05, 3.63) is 70.3 Å². The average Bonchev–Trinajstić information content (AvgIpc) is 3.17. The van der Waals surface area contributed by atoms with E-state index in [1.54, 1.807) is 32.0 Å². The summed E-state index contributed by atoms with van der Waals surface area (Å²) in [7, 11) is 1.53. The molecule has 1 aromatic heterocycles. The maximum atomic E-state index is 13.9. The Bertz CT molecular complexity index is 1220. The van der Waals surface area contributed by atoms with Gasteiger partial charge in [-0.1, -0.05) is 23.7 Å². The van der Waals surface area contributed by atoms with Gasteiger partial charge < -0.3 is 9.47 Å². The molecule has 2 aromatic carbocycles. The van der Waals surface area contributed by atoms with Crippen molar-refractivity contribution < 1.29 is 27.4 Å². The minimum atomic E-state index is -4.76. The van der Waals surface area contributed by atoms with E-state index in [0.29, 0.717) is 16.3 Å². The zero-order chi connectivity index (χ0) is 24.6. The second kappa shape index (κ2) is 9.50. The van der Waals surface area contributed by atoms with E-state index in [1.165, 1.54) is 31.0 Å². The van der Waals surface area contributed by atoms with Crippen LogP contribution in [0.4, 0.5) is 13.2 Å². The van der Waals surface area contributed by atoms with Crippen molar-refractivity contribution in [2.45, 2.75) is 43.0 Å². The van der Waals surface area contributed by atoms with Crippen LogP contribution in [0.2, 0.25) is 5.02 Å². The quantitative estimate of drug-likeness (QED) is 0.382. The summed E-state index contributed by atoms with van der Waals surface area (Å²) in [5.41, 5.74) is 1.57. The van der Waals surface area contributed by atoms with Gasteiger partial charge in [-0.05, 0) is 55.3 Å². The number of nitrogens with zero attached hydrogens (tertiary/aromatic N) is 3. The highest BCUT2D eigenvalue weighted by Crippen LogP contribution is 2.52. The average molecular weight is 512 g/mol. The normalized spacial score (nSPS) is 17.6. The number of fused-ring (bicyclic) bond motifs is 3. The SMILES string of the molecule is COc1cccc([C@@H]2S[C@@H](CC(=O)OC(C)C)c3nnc(C(F)(F)F)n3-c3ccc(Cl)cc32)c1. The molecule has 1 aliphatic heterocycles. The third kappa shape index (κ3) is 4.88. The van der Waals surface area contributed by atoms with E-state index >= 15 is 0 Å². The van der Waals surface area contributed by atoms with Crippen LogP contribution in [0.25, 0.3) is 5.69 Å². The predicted octanol–water partition coefficient (Wildman–Crippen LogP) is 6.17. The smallest absolute Gasteiger partial charge is 0.452 e. The fourth-order valence-electron chi connectivity index (χ4n) is 3.83. The van der Waals surface area contributed by atoms with E-state index in [0.717, 1.165) is 10.1 Å². The molecule has 0 saturated carbocycles. The van der Waals surface area contributed by atoms with Crippen LogP contribution in [0.1, 0.15) is 53.5 Å². The molecule has 180 valence electrons. The highest BCUT2D eigenvalue weighted by atomic mass is 35.5. The Balaban J connectivity index is 1.93. The molecular formula is C23H21ClF3N3O3S. The Morgan fingerprint density at radius 3 is 2.65 bits per heavy atom. The zero-order valence-electron chi connectivity index (χ0n) is 18.5. The molecule has 11 heteroatoms. The number of aromatic nitrogens is 3. The standard InChI is InChI=1S/C23H21ClF3N3O3S/c1-12(2)33-19(31)11-18-21-28-29-22(23(25,26)27)30(21)17-8-7-14(24)10-16(17)20(34-18)13-5-4-6-15(9-13)32-3/h4-10,12,18,20H,11H2,1-3H3/t18-,20-/m0/s1. The number of hydrogen-bond acceptors (Lipinski definition) is 6. The van der Waals surface area contributed by atoms with Crippen molar-refractivity contribution >= 4 is 29.3 Å². The van der Waals surface area contributed by atoms with Gasteiger partial charge in [0.05, 0.1) is 35.8 Å². The third-order valence-electron chi connectivity index (χ3n) is 5.16. The van der Waals surface area contributed by atoms with Crippen LogP contribution in [-0.4, -0.2) is 33.9 Å². The lowest BCUT2D eigenvalue weighted by Crippen LogP contribution is -2.18. The Labute approximate surface area is 203 Å². The van der Waals surface area contributed by atoms with Gasteiger partial charge in [-0.2, -0.15) is 13.2 Å². The highest BCUT2D eigenvalue weighted by Gasteiger charge is 2.43. The number of halogens is 4. The van der Waals surface area contributed by atoms with E-state index in [-0.39, 0.29) is 24.0 Å². The van der Waals surface area contributed by atoms with E-state index < -0.39 is 28.5 Å². The molecule has 3 aromatic rings. The number of esters is 1. The van der Waals surface area contributed by atoms with Gasteiger partial charge in [-0.25, -0.2) is 0 Å². The second-order valence-corrected chi connectivity index (χ2v) is 9.69. The summed E-state index contributed by atoms with van der Waals surface area (Å²) < 4.78 is 53.4. The van der Waals surface area contributed by atoms with Crippen LogP contribution in [0.3, 0.4) is 0 Å². The van der Waals surface area contributed by atoms with Crippen LogP contribution in [0.15, 0.2) is 42.5 Å². The number of carbonyl (C=O) groups is 1. The van der Waals surface area contributed by atoms with E-state index in [9.17, 15) is 18.0 Å². The van der Waals surface area contributed by atoms with Gasteiger partial charge in [0.1, 0.15) is 5.75 Å². The number of ether oxygens (including phenoxy) is 2. The van der Waals surface area contributed by atoms with Crippen molar-refractivity contribution in [2.75, 3.05) is 7.11 Å². The summed E-state index contributed by atoms with van der Waals surface area (Å²) in [4.78, 5) is 12.6. The first kappa shape index (κ1) is 24.4. The molecule has 2 atom stereocenters. The largest absolute Gasteiger partial charge is 0.497 e. The molecule has 0 N–H and O–H groups in total. The topological polar surface area (TPSA) is 66.2 Å². The summed E-state index contributed by atoms with van der Waals surface area (Å²) in [5.74, 6) is -1.09. The number of thioether (sulfide) groups is 1. The van der Waals surface area contributed by atoms with Crippen LogP contribution in [0, 0.1) is 0 Å². The van der Waals surface area contributed by atoms with Crippen LogP contribution >= 0.6 is 23.4 Å². The lowest BCUT2D eigenvalue weighted by Gasteiger charge is -2.21. The number of hydrogen-bond donors (Lipinski definition) is 0. The van der Waals surface area contributed by atoms with Crippen molar-refractivity contribution in [1.29, 1.82) is 0 Å². The first-order valence-electron chi connectivity index (χ1n) is 10.4. The molecule has 2 heterocycles. The Kier molecular flexibility index (Phi) is 6.82. The maximum absolute atomic E-state index is 13.9. The molecule has 0 bridgehead atoms. The molecule has 0 fully saturated rings. The molecule has 6 nitrogen and oxygen atoms in total. The fraction of sp³-hybridized carbons (Fsp3) is 0.348. The van der Waals surface area contributed by atoms with Gasteiger partial charge in [0.25, 0.3) is 0 Å². The summed E-state index contributed by atoms with van der Waals surface area (Å²) in [6.45, 7) is 3.42. The number of carbonyl (C=O) groups excluding carboxylic acids is 1. The molecule has 0 saturated heterocycles. The first-order chi connectivity index (χ1) is 16.1. The van der Waals surface area contributed by atoms with Gasteiger partial charge in [-0.15, -0.1) is 22.0 Å². The van der Waals surface area contributed by atoms with Gasteiger partial charge >= 0.3 is 12.1 Å². The summed E-state index contributed by atoms with van der Waals surface area (Å²) in [6.07, 6.45) is -5.30. The Hall–Kier alpha value is -2.72. The van der Waals surface area contributed by atoms with Crippen molar-refractivity contribution in [1.82, 2.24) is 14.8 Å². The van der Waals surface area contributed by atoms with Gasteiger partial charge in [0.15, 0.2) is 5.82 Å². The van der Waals surface area contributed by atoms with Crippen LogP contribution in [0.5, 0.6) is 5.75 Å². The molecule has 1 aliphatic rings. The van der Waals surface area contributed by atoms with E-state index in [4.69, 9.17) is 21.1 Å². The molecule has 0 spiro atoms. The monoisotopic (exact) mass is 511 g/mol. The lowest BCUT2D eigenvalue weighted by atomic mass is 10.0. The minimum Gasteiger partial charge on any atom is -0.497 e. The number of alkyl halides is 3. The molecule has 0 aliphatic carbocycles. The fourth-order valence-corrected chi connectivity index (χ4v) is 5.48. The Morgan fingerprint density at radius 1 is 1.21 bits per heavy atom. The minimum absolute atomic E-state index is 0.0204. The first-order valence-corrected chi connectivity index (χ1v) is 11.7. The lowest BCUT2D eigenvalue weighted by molar-refractivity contribution is -0.147. The van der Waals surface area contributed by atoms with Gasteiger partial charge in [0.2, 0.25) is 5.82 Å². The van der Waals surface area contributed by atoms with Crippen LogP contribution < -0.4 is 4.74 Å². The Morgan fingerprint density at radius 2 is 1.97 bits per heavy atom. The van der Waals surface area contributed by atoms with Crippen molar-refractivity contribution in [2.24, 2.45) is 0 Å². The van der Waals surface area contributed by atoms with Crippen molar-refractivity contribution in [3.8, 4) is 11.4 Å². The van der Waals surface area contributed by atoms with Crippen LogP contribution in [-0.2, 0) is 15.7 Å². The number of rotatable bonds is 5. The molecule has 0 unspecified atom stereocenters. The number of benzene rings is 2. The predicted molar refractivity (Wildman–Crippen MR) is 122 cm³/mol. The number of methoxy groups -OCH3 is 1. The second-order valence-electron chi connectivity index (χ2n) is 7.94. The molecule has 4 rings (SSSR count).